The number of carbonyl (C=O) groups is 2. The first-order valence-corrected chi connectivity index (χ1v) is 12.0. The van der Waals surface area contributed by atoms with Crippen molar-refractivity contribution in [3.8, 4) is 17.0 Å². The zero-order valence-corrected chi connectivity index (χ0v) is 20.7. The molecule has 9 heteroatoms. The molecule has 1 N–H and O–H groups in total. The van der Waals surface area contributed by atoms with E-state index in [2.05, 4.69) is 27.3 Å². The van der Waals surface area contributed by atoms with Crippen molar-refractivity contribution in [1.29, 1.82) is 0 Å². The van der Waals surface area contributed by atoms with Crippen molar-refractivity contribution in [2.24, 2.45) is 0 Å². The third-order valence-corrected chi connectivity index (χ3v) is 5.78. The maximum Gasteiger partial charge on any atom is 0.318 e. The van der Waals surface area contributed by atoms with Crippen molar-refractivity contribution in [1.82, 2.24) is 25.3 Å². The lowest BCUT2D eigenvalue weighted by Crippen LogP contribution is -2.53. The number of urea groups is 1. The molecule has 1 aromatic heterocycles. The van der Waals surface area contributed by atoms with E-state index in [1.807, 2.05) is 55.1 Å². The van der Waals surface area contributed by atoms with Gasteiger partial charge in [-0.2, -0.15) is 0 Å². The number of rotatable bonds is 9. The topological polar surface area (TPSA) is 90.9 Å². The first kappa shape index (κ1) is 25.3. The number of hydrogen-bond acceptors (Lipinski definition) is 6. The second-order valence-corrected chi connectivity index (χ2v) is 8.76. The zero-order valence-electron chi connectivity index (χ0n) is 20.7. The van der Waals surface area contributed by atoms with Gasteiger partial charge in [-0.1, -0.05) is 25.5 Å². The van der Waals surface area contributed by atoms with Gasteiger partial charge >= 0.3 is 6.03 Å². The molecule has 1 aliphatic heterocycles. The van der Waals surface area contributed by atoms with E-state index in [0.717, 1.165) is 35.7 Å². The van der Waals surface area contributed by atoms with E-state index in [0.29, 0.717) is 32.7 Å². The molecule has 0 saturated carbocycles. The van der Waals surface area contributed by atoms with Crippen LogP contribution in [0, 0.1) is 0 Å². The van der Waals surface area contributed by atoms with E-state index < -0.39 is 0 Å². The van der Waals surface area contributed by atoms with E-state index in [1.54, 1.807) is 12.0 Å². The summed E-state index contributed by atoms with van der Waals surface area (Å²) in [6.45, 7) is 9.12. The highest BCUT2D eigenvalue weighted by Crippen LogP contribution is 2.23. The predicted octanol–water partition coefficient (Wildman–Crippen LogP) is 3.02. The molecule has 184 valence electrons. The summed E-state index contributed by atoms with van der Waals surface area (Å²) in [6.07, 6.45) is 1.84. The summed E-state index contributed by atoms with van der Waals surface area (Å²) in [6, 6.07) is 11.5. The van der Waals surface area contributed by atoms with Gasteiger partial charge in [-0.3, -0.25) is 4.79 Å². The number of nitrogens with one attached hydrogen (secondary N) is 1. The predicted molar refractivity (Wildman–Crippen MR) is 133 cm³/mol. The Bertz CT molecular complexity index is 942. The molecule has 1 fully saturated rings. The van der Waals surface area contributed by atoms with Crippen molar-refractivity contribution < 1.29 is 14.3 Å². The van der Waals surface area contributed by atoms with Crippen molar-refractivity contribution in [2.45, 2.75) is 39.7 Å². The third-order valence-electron chi connectivity index (χ3n) is 5.78. The summed E-state index contributed by atoms with van der Waals surface area (Å²) < 4.78 is 5.28. The Morgan fingerprint density at radius 2 is 1.88 bits per heavy atom. The normalized spacial score (nSPS) is 13.7. The van der Waals surface area contributed by atoms with Crippen LogP contribution >= 0.6 is 0 Å². The van der Waals surface area contributed by atoms with Crippen LogP contribution in [-0.4, -0.2) is 84.4 Å². The van der Waals surface area contributed by atoms with Crippen LogP contribution in [0.5, 0.6) is 5.75 Å². The summed E-state index contributed by atoms with van der Waals surface area (Å²) in [5.74, 6) is 1.55. The largest absolute Gasteiger partial charge is 0.497 e. The minimum atomic E-state index is -0.179. The Labute approximate surface area is 202 Å². The number of hydrogen-bond donors (Lipinski definition) is 1. The van der Waals surface area contributed by atoms with Gasteiger partial charge in [-0.25, -0.2) is 4.79 Å². The lowest BCUT2D eigenvalue weighted by Gasteiger charge is -2.36. The van der Waals surface area contributed by atoms with Gasteiger partial charge < -0.3 is 24.8 Å². The number of piperazine rings is 1. The summed E-state index contributed by atoms with van der Waals surface area (Å²) >= 11 is 0. The summed E-state index contributed by atoms with van der Waals surface area (Å²) in [5, 5.41) is 11.7. The van der Waals surface area contributed by atoms with Crippen molar-refractivity contribution >= 4 is 17.8 Å². The van der Waals surface area contributed by atoms with Gasteiger partial charge in [0, 0.05) is 44.3 Å². The number of unbranched alkanes of at least 4 members (excludes halogenated alkanes) is 1. The molecule has 0 radical (unpaired) electrons. The maximum atomic E-state index is 12.9. The van der Waals surface area contributed by atoms with Gasteiger partial charge in [0.05, 0.1) is 12.8 Å². The van der Waals surface area contributed by atoms with Crippen molar-refractivity contribution in [3.05, 3.63) is 36.4 Å². The van der Waals surface area contributed by atoms with Crippen LogP contribution in [0.4, 0.5) is 10.6 Å². The molecule has 9 nitrogen and oxygen atoms in total. The number of benzene rings is 1. The molecule has 0 atom stereocenters. The molecule has 3 amide bonds. The van der Waals surface area contributed by atoms with Gasteiger partial charge in [-0.05, 0) is 44.5 Å². The minimum Gasteiger partial charge on any atom is -0.497 e. The molecule has 34 heavy (non-hydrogen) atoms. The van der Waals surface area contributed by atoms with E-state index >= 15 is 0 Å². The van der Waals surface area contributed by atoms with Crippen LogP contribution < -0.4 is 15.0 Å². The first-order chi connectivity index (χ1) is 16.4. The van der Waals surface area contributed by atoms with Gasteiger partial charge in [0.2, 0.25) is 5.91 Å². The average molecular weight is 469 g/mol. The second kappa shape index (κ2) is 12.2. The van der Waals surface area contributed by atoms with Crippen molar-refractivity contribution in [2.75, 3.05) is 51.3 Å². The monoisotopic (exact) mass is 468 g/mol. The van der Waals surface area contributed by atoms with E-state index in [9.17, 15) is 9.59 Å². The highest BCUT2D eigenvalue weighted by atomic mass is 16.5. The molecule has 0 bridgehead atoms. The molecule has 2 heterocycles. The molecule has 0 aliphatic carbocycles. The number of ether oxygens (including phenoxy) is 1. The number of anilines is 1. The van der Waals surface area contributed by atoms with Gasteiger partial charge in [0.15, 0.2) is 5.82 Å². The Hall–Kier alpha value is -3.36. The van der Waals surface area contributed by atoms with E-state index in [4.69, 9.17) is 4.74 Å². The highest BCUT2D eigenvalue weighted by Gasteiger charge is 2.25. The van der Waals surface area contributed by atoms with Crippen LogP contribution in [0.2, 0.25) is 0 Å². The molecule has 1 saturated heterocycles. The molecule has 1 aliphatic rings. The number of methoxy groups -OCH3 is 1. The molecular formula is C25H36N6O3. The number of nitrogens with zero attached hydrogens (tertiary/aromatic N) is 5. The van der Waals surface area contributed by atoms with Crippen LogP contribution in [0.1, 0.15) is 33.6 Å². The first-order valence-electron chi connectivity index (χ1n) is 12.0. The van der Waals surface area contributed by atoms with Gasteiger partial charge in [0.25, 0.3) is 0 Å². The Morgan fingerprint density at radius 3 is 2.50 bits per heavy atom. The van der Waals surface area contributed by atoms with Gasteiger partial charge in [-0.15, -0.1) is 10.2 Å². The van der Waals surface area contributed by atoms with Crippen LogP contribution in [0.15, 0.2) is 36.4 Å². The van der Waals surface area contributed by atoms with Crippen LogP contribution in [0.25, 0.3) is 11.3 Å². The Balaban J connectivity index is 1.55. The summed E-state index contributed by atoms with van der Waals surface area (Å²) in [5.41, 5.74) is 1.73. The van der Waals surface area contributed by atoms with Crippen LogP contribution in [-0.2, 0) is 4.79 Å². The average Bonchev–Trinajstić information content (AvgIpc) is 2.86. The lowest BCUT2D eigenvalue weighted by molar-refractivity contribution is -0.132. The standard InChI is InChI=1S/C25H36N6O3/c1-5-6-12-31(25(33)26-19(2)3)18-24(32)30-15-13-29(14-16-30)23-11-10-22(27-28-23)20-8-7-9-21(17-20)34-4/h7-11,17,19H,5-6,12-16,18H2,1-4H3,(H,26,33). The number of carbonyl (C=O) groups excluding carboxylic acids is 2. The fraction of sp³-hybridized carbons (Fsp3) is 0.520. The number of aromatic nitrogens is 2. The SMILES string of the molecule is CCCCN(CC(=O)N1CCN(c2ccc(-c3cccc(OC)c3)nn2)CC1)C(=O)NC(C)C. The molecular weight excluding hydrogens is 432 g/mol. The second-order valence-electron chi connectivity index (χ2n) is 8.76. The van der Waals surface area contributed by atoms with Gasteiger partial charge in [0.1, 0.15) is 12.3 Å². The van der Waals surface area contributed by atoms with E-state index in [1.165, 1.54) is 0 Å². The quantitative estimate of drug-likeness (QED) is 0.608. The van der Waals surface area contributed by atoms with E-state index in [-0.39, 0.29) is 24.5 Å². The summed E-state index contributed by atoms with van der Waals surface area (Å²) in [4.78, 5) is 31.0. The Morgan fingerprint density at radius 1 is 1.12 bits per heavy atom. The fourth-order valence-corrected chi connectivity index (χ4v) is 3.82. The lowest BCUT2D eigenvalue weighted by atomic mass is 10.1. The summed E-state index contributed by atoms with van der Waals surface area (Å²) in [7, 11) is 1.64. The van der Waals surface area contributed by atoms with Crippen molar-refractivity contribution in [3.63, 3.8) is 0 Å². The minimum absolute atomic E-state index is 0.0193. The molecule has 3 rings (SSSR count). The molecule has 0 unspecified atom stereocenters. The smallest absolute Gasteiger partial charge is 0.318 e. The third kappa shape index (κ3) is 6.82. The van der Waals surface area contributed by atoms with Crippen LogP contribution in [0.3, 0.4) is 0 Å². The number of amides is 3. The molecule has 0 spiro atoms. The Kier molecular flexibility index (Phi) is 9.07. The molecule has 2 aromatic rings. The maximum absolute atomic E-state index is 12.9. The highest BCUT2D eigenvalue weighted by molar-refractivity contribution is 5.84. The fourth-order valence-electron chi connectivity index (χ4n) is 3.82. The zero-order chi connectivity index (χ0) is 24.5. The molecule has 1 aromatic carbocycles.